The van der Waals surface area contributed by atoms with E-state index in [1.807, 2.05) is 0 Å². The molecule has 1 aliphatic rings. The molecule has 5 nitrogen and oxygen atoms in total. The van der Waals surface area contributed by atoms with Gasteiger partial charge in [-0.2, -0.15) is 0 Å². The summed E-state index contributed by atoms with van der Waals surface area (Å²) in [5.74, 6) is -0.369. The fraction of sp³-hybridized carbons (Fsp3) is 0.400. The zero-order valence-electron chi connectivity index (χ0n) is 11.7. The summed E-state index contributed by atoms with van der Waals surface area (Å²) in [6.45, 7) is 2.69. The van der Waals surface area contributed by atoms with E-state index in [4.69, 9.17) is 4.74 Å². The van der Waals surface area contributed by atoms with Gasteiger partial charge in [0.15, 0.2) is 0 Å². The molecule has 1 fully saturated rings. The first kappa shape index (κ1) is 14.0. The van der Waals surface area contributed by atoms with Gasteiger partial charge in [-0.3, -0.25) is 0 Å². The van der Waals surface area contributed by atoms with Crippen LogP contribution >= 0.6 is 11.3 Å². The largest absolute Gasteiger partial charge is 0.462 e. The summed E-state index contributed by atoms with van der Waals surface area (Å²) in [5.41, 5.74) is 1.69. The Morgan fingerprint density at radius 2 is 2.05 bits per heavy atom. The Morgan fingerprint density at radius 1 is 1.29 bits per heavy atom. The number of anilines is 1. The standard InChI is InChI=1S/C15H17N3O2S/c19-15(12-8-16-11-17-9-12)20-6-3-14-7-13(10-21-14)18-4-1-2-5-18/h7-11H,1-6H2. The summed E-state index contributed by atoms with van der Waals surface area (Å²) in [6, 6.07) is 2.20. The molecule has 3 heterocycles. The highest BCUT2D eigenvalue weighted by Gasteiger charge is 2.14. The fourth-order valence-corrected chi connectivity index (χ4v) is 3.25. The summed E-state index contributed by atoms with van der Waals surface area (Å²) in [4.78, 5) is 23.0. The first-order chi connectivity index (χ1) is 10.3. The Hall–Kier alpha value is -1.95. The summed E-state index contributed by atoms with van der Waals surface area (Å²) >= 11 is 1.73. The van der Waals surface area contributed by atoms with Crippen molar-refractivity contribution < 1.29 is 9.53 Å². The second kappa shape index (κ2) is 6.67. The molecule has 21 heavy (non-hydrogen) atoms. The van der Waals surface area contributed by atoms with Crippen molar-refractivity contribution in [1.29, 1.82) is 0 Å². The van der Waals surface area contributed by atoms with Gasteiger partial charge in [0.2, 0.25) is 0 Å². The van der Waals surface area contributed by atoms with E-state index in [9.17, 15) is 4.79 Å². The molecular formula is C15H17N3O2S. The van der Waals surface area contributed by atoms with Gasteiger partial charge in [0, 0.05) is 47.8 Å². The third-order valence-corrected chi connectivity index (χ3v) is 4.47. The Bertz CT molecular complexity index is 594. The lowest BCUT2D eigenvalue weighted by Gasteiger charge is -2.14. The van der Waals surface area contributed by atoms with Gasteiger partial charge in [-0.05, 0) is 18.9 Å². The molecule has 0 bridgehead atoms. The van der Waals surface area contributed by atoms with Gasteiger partial charge in [-0.25, -0.2) is 14.8 Å². The van der Waals surface area contributed by atoms with E-state index in [1.165, 1.54) is 42.1 Å². The minimum Gasteiger partial charge on any atom is -0.462 e. The maximum Gasteiger partial charge on any atom is 0.341 e. The van der Waals surface area contributed by atoms with Crippen LogP contribution in [0, 0.1) is 0 Å². The number of carbonyl (C=O) groups is 1. The number of hydrogen-bond donors (Lipinski definition) is 0. The summed E-state index contributed by atoms with van der Waals surface area (Å²) in [6.07, 6.45) is 7.63. The van der Waals surface area contributed by atoms with Crippen LogP contribution in [0.5, 0.6) is 0 Å². The molecule has 110 valence electrons. The second-order valence-electron chi connectivity index (χ2n) is 4.98. The molecule has 0 aromatic carbocycles. The summed E-state index contributed by atoms with van der Waals surface area (Å²) < 4.78 is 5.24. The van der Waals surface area contributed by atoms with Gasteiger partial charge in [-0.15, -0.1) is 11.3 Å². The number of esters is 1. The summed E-state index contributed by atoms with van der Waals surface area (Å²) in [7, 11) is 0. The smallest absolute Gasteiger partial charge is 0.341 e. The third-order valence-electron chi connectivity index (χ3n) is 3.49. The van der Waals surface area contributed by atoms with Gasteiger partial charge in [0.05, 0.1) is 12.2 Å². The predicted molar refractivity (Wildman–Crippen MR) is 81.8 cm³/mol. The van der Waals surface area contributed by atoms with E-state index >= 15 is 0 Å². The molecule has 2 aromatic heterocycles. The van der Waals surface area contributed by atoms with E-state index in [2.05, 4.69) is 26.3 Å². The maximum absolute atomic E-state index is 11.7. The third kappa shape index (κ3) is 3.58. The molecule has 3 rings (SSSR count). The van der Waals surface area contributed by atoms with Crippen molar-refractivity contribution in [3.63, 3.8) is 0 Å². The Labute approximate surface area is 127 Å². The average molecular weight is 303 g/mol. The molecule has 0 saturated carbocycles. The van der Waals surface area contributed by atoms with Gasteiger partial charge in [0.25, 0.3) is 0 Å². The van der Waals surface area contributed by atoms with Crippen LogP contribution in [0.2, 0.25) is 0 Å². The molecule has 6 heteroatoms. The highest BCUT2D eigenvalue weighted by atomic mass is 32.1. The van der Waals surface area contributed by atoms with Gasteiger partial charge < -0.3 is 9.64 Å². The SMILES string of the molecule is O=C(OCCc1cc(N2CCCC2)cs1)c1cncnc1. The molecule has 0 atom stereocenters. The first-order valence-electron chi connectivity index (χ1n) is 7.07. The van der Waals surface area contributed by atoms with Crippen molar-refractivity contribution in [3.05, 3.63) is 40.6 Å². The van der Waals surface area contributed by atoms with Crippen molar-refractivity contribution in [2.45, 2.75) is 19.3 Å². The fourth-order valence-electron chi connectivity index (χ4n) is 2.37. The van der Waals surface area contributed by atoms with E-state index in [0.717, 1.165) is 19.5 Å². The molecule has 0 radical (unpaired) electrons. The van der Waals surface area contributed by atoms with Crippen LogP contribution in [-0.4, -0.2) is 35.6 Å². The lowest BCUT2D eigenvalue weighted by atomic mass is 10.3. The van der Waals surface area contributed by atoms with Crippen molar-refractivity contribution in [2.24, 2.45) is 0 Å². The Morgan fingerprint density at radius 3 is 2.81 bits per heavy atom. The van der Waals surface area contributed by atoms with Gasteiger partial charge in [0.1, 0.15) is 6.33 Å². The average Bonchev–Trinajstić information content (AvgIpc) is 3.19. The number of ether oxygens (including phenoxy) is 1. The van der Waals surface area contributed by atoms with Crippen molar-refractivity contribution in [1.82, 2.24) is 9.97 Å². The minimum absolute atomic E-state index is 0.369. The lowest BCUT2D eigenvalue weighted by Crippen LogP contribution is -2.16. The van der Waals surface area contributed by atoms with Crippen LogP contribution in [0.1, 0.15) is 28.1 Å². The van der Waals surface area contributed by atoms with E-state index in [0.29, 0.717) is 12.2 Å². The normalized spacial score (nSPS) is 14.4. The second-order valence-corrected chi connectivity index (χ2v) is 5.97. The van der Waals surface area contributed by atoms with Crippen LogP contribution in [0.4, 0.5) is 5.69 Å². The lowest BCUT2D eigenvalue weighted by molar-refractivity contribution is 0.0509. The van der Waals surface area contributed by atoms with Crippen LogP contribution in [0.3, 0.4) is 0 Å². The zero-order chi connectivity index (χ0) is 14.5. The zero-order valence-corrected chi connectivity index (χ0v) is 12.5. The van der Waals surface area contributed by atoms with Crippen molar-refractivity contribution in [2.75, 3.05) is 24.6 Å². The van der Waals surface area contributed by atoms with Crippen molar-refractivity contribution in [3.8, 4) is 0 Å². The number of nitrogens with zero attached hydrogens (tertiary/aromatic N) is 3. The summed E-state index contributed by atoms with van der Waals surface area (Å²) in [5, 5.41) is 2.19. The highest BCUT2D eigenvalue weighted by Crippen LogP contribution is 2.26. The molecule has 0 N–H and O–H groups in total. The number of aromatic nitrogens is 2. The molecule has 0 unspecified atom stereocenters. The van der Waals surface area contributed by atoms with Gasteiger partial charge >= 0.3 is 5.97 Å². The molecule has 0 spiro atoms. The molecular weight excluding hydrogens is 286 g/mol. The first-order valence-corrected chi connectivity index (χ1v) is 7.95. The quantitative estimate of drug-likeness (QED) is 0.795. The molecule has 0 aliphatic carbocycles. The van der Waals surface area contributed by atoms with E-state index < -0.39 is 0 Å². The number of hydrogen-bond acceptors (Lipinski definition) is 6. The van der Waals surface area contributed by atoms with E-state index in [1.54, 1.807) is 11.3 Å². The van der Waals surface area contributed by atoms with Crippen LogP contribution in [0.15, 0.2) is 30.2 Å². The monoisotopic (exact) mass is 303 g/mol. The molecule has 1 saturated heterocycles. The Balaban J connectivity index is 1.48. The highest BCUT2D eigenvalue weighted by molar-refractivity contribution is 7.10. The molecule has 1 aliphatic heterocycles. The Kier molecular flexibility index (Phi) is 4.45. The minimum atomic E-state index is -0.369. The van der Waals surface area contributed by atoms with Gasteiger partial charge in [-0.1, -0.05) is 0 Å². The van der Waals surface area contributed by atoms with Crippen LogP contribution in [0.25, 0.3) is 0 Å². The number of rotatable bonds is 5. The number of thiophene rings is 1. The van der Waals surface area contributed by atoms with Crippen LogP contribution in [-0.2, 0) is 11.2 Å². The van der Waals surface area contributed by atoms with E-state index in [-0.39, 0.29) is 5.97 Å². The topological polar surface area (TPSA) is 55.3 Å². The predicted octanol–water partition coefficient (Wildman–Crippen LogP) is 2.54. The number of carbonyl (C=O) groups excluding carboxylic acids is 1. The molecule has 2 aromatic rings. The van der Waals surface area contributed by atoms with Crippen LogP contribution < -0.4 is 4.90 Å². The van der Waals surface area contributed by atoms with Crippen molar-refractivity contribution >= 4 is 23.0 Å². The molecule has 0 amide bonds. The maximum atomic E-state index is 11.7.